The maximum absolute atomic E-state index is 6.03. The molecule has 1 aromatic carbocycles. The minimum absolute atomic E-state index is 0.0900. The topological polar surface area (TPSA) is 30.9 Å². The van der Waals surface area contributed by atoms with Crippen LogP contribution in [0.25, 0.3) is 10.9 Å². The van der Waals surface area contributed by atoms with Crippen LogP contribution in [0.2, 0.25) is 0 Å². The molecule has 0 atom stereocenters. The summed E-state index contributed by atoms with van der Waals surface area (Å²) < 4.78 is 2.19. The standard InChI is InChI=1S/C14H20N2/c1-14(2,15)9-7-11-5-4-6-12-8-10-16(3)13(11)12/h4-6,8,10H,7,9,15H2,1-3H3. The highest BCUT2D eigenvalue weighted by Crippen LogP contribution is 2.22. The first-order valence-corrected chi connectivity index (χ1v) is 5.79. The molecule has 2 nitrogen and oxygen atoms in total. The molecule has 0 radical (unpaired) electrons. The van der Waals surface area contributed by atoms with Crippen molar-refractivity contribution in [3.05, 3.63) is 36.0 Å². The van der Waals surface area contributed by atoms with Crippen LogP contribution in [0.5, 0.6) is 0 Å². The van der Waals surface area contributed by atoms with Crippen LogP contribution >= 0.6 is 0 Å². The summed E-state index contributed by atoms with van der Waals surface area (Å²) in [5.41, 5.74) is 8.68. The zero-order valence-electron chi connectivity index (χ0n) is 10.3. The second-order valence-corrected chi connectivity index (χ2v) is 5.27. The summed E-state index contributed by atoms with van der Waals surface area (Å²) in [6, 6.07) is 8.65. The fourth-order valence-corrected chi connectivity index (χ4v) is 2.10. The Morgan fingerprint density at radius 3 is 2.69 bits per heavy atom. The SMILES string of the molecule is Cn1ccc2cccc(CCC(C)(C)N)c21. The van der Waals surface area contributed by atoms with Gasteiger partial charge in [0.15, 0.2) is 0 Å². The van der Waals surface area contributed by atoms with Crippen molar-refractivity contribution in [3.8, 4) is 0 Å². The molecule has 0 aliphatic carbocycles. The third-order valence-corrected chi connectivity index (χ3v) is 3.02. The molecule has 2 heteroatoms. The van der Waals surface area contributed by atoms with Crippen LogP contribution in [0.15, 0.2) is 30.5 Å². The van der Waals surface area contributed by atoms with Crippen LogP contribution in [0.1, 0.15) is 25.8 Å². The molecular formula is C14H20N2. The molecule has 1 aromatic heterocycles. The van der Waals surface area contributed by atoms with Crippen LogP contribution in [0, 0.1) is 0 Å². The number of benzene rings is 1. The Bertz CT molecular complexity index is 489. The third kappa shape index (κ3) is 2.27. The maximum atomic E-state index is 6.03. The molecule has 0 unspecified atom stereocenters. The molecule has 2 N–H and O–H groups in total. The number of nitrogens with two attached hydrogens (primary N) is 1. The van der Waals surface area contributed by atoms with Gasteiger partial charge in [0.2, 0.25) is 0 Å². The lowest BCUT2D eigenvalue weighted by Crippen LogP contribution is -2.32. The van der Waals surface area contributed by atoms with Crippen LogP contribution in [-0.2, 0) is 13.5 Å². The van der Waals surface area contributed by atoms with Crippen molar-refractivity contribution in [1.29, 1.82) is 0 Å². The molecule has 0 saturated heterocycles. The zero-order valence-corrected chi connectivity index (χ0v) is 10.3. The summed E-state index contributed by atoms with van der Waals surface area (Å²) in [6.07, 6.45) is 4.16. The van der Waals surface area contributed by atoms with E-state index in [-0.39, 0.29) is 5.54 Å². The van der Waals surface area contributed by atoms with E-state index in [9.17, 15) is 0 Å². The van der Waals surface area contributed by atoms with E-state index in [2.05, 4.69) is 55.9 Å². The lowest BCUT2D eigenvalue weighted by Gasteiger charge is -2.18. The minimum Gasteiger partial charge on any atom is -0.350 e. The molecule has 16 heavy (non-hydrogen) atoms. The lowest BCUT2D eigenvalue weighted by molar-refractivity contribution is 0.477. The largest absolute Gasteiger partial charge is 0.350 e. The summed E-state index contributed by atoms with van der Waals surface area (Å²) in [5, 5.41) is 1.31. The average molecular weight is 216 g/mol. The maximum Gasteiger partial charge on any atom is 0.0510 e. The summed E-state index contributed by atoms with van der Waals surface area (Å²) in [6.45, 7) is 4.16. The van der Waals surface area contributed by atoms with Gasteiger partial charge in [-0.25, -0.2) is 0 Å². The van der Waals surface area contributed by atoms with Crippen molar-refractivity contribution >= 4 is 10.9 Å². The van der Waals surface area contributed by atoms with E-state index in [1.54, 1.807) is 0 Å². The first-order valence-electron chi connectivity index (χ1n) is 5.79. The van der Waals surface area contributed by atoms with E-state index < -0.39 is 0 Å². The van der Waals surface area contributed by atoms with Crippen molar-refractivity contribution in [2.45, 2.75) is 32.2 Å². The van der Waals surface area contributed by atoms with Gasteiger partial charge in [-0.3, -0.25) is 0 Å². The Morgan fingerprint density at radius 1 is 1.25 bits per heavy atom. The minimum atomic E-state index is -0.0900. The Kier molecular flexibility index (Phi) is 2.76. The molecule has 2 aromatic rings. The molecular weight excluding hydrogens is 196 g/mol. The molecule has 0 spiro atoms. The van der Waals surface area contributed by atoms with Gasteiger partial charge in [-0.05, 0) is 43.7 Å². The fraction of sp³-hybridized carbons (Fsp3) is 0.429. The van der Waals surface area contributed by atoms with Gasteiger partial charge < -0.3 is 10.3 Å². The van der Waals surface area contributed by atoms with Gasteiger partial charge in [-0.2, -0.15) is 0 Å². The molecule has 0 aliphatic heterocycles. The lowest BCUT2D eigenvalue weighted by atomic mass is 9.96. The molecule has 0 amide bonds. The number of fused-ring (bicyclic) bond motifs is 1. The highest BCUT2D eigenvalue weighted by atomic mass is 14.9. The van der Waals surface area contributed by atoms with Gasteiger partial charge in [0, 0.05) is 18.8 Å². The number of hydrogen-bond donors (Lipinski definition) is 1. The quantitative estimate of drug-likeness (QED) is 0.840. The number of hydrogen-bond acceptors (Lipinski definition) is 1. The molecule has 0 aliphatic rings. The Morgan fingerprint density at radius 2 is 2.00 bits per heavy atom. The van der Waals surface area contributed by atoms with Crippen LogP contribution in [0.3, 0.4) is 0 Å². The van der Waals surface area contributed by atoms with E-state index in [4.69, 9.17) is 5.73 Å². The first kappa shape index (κ1) is 11.2. The Labute approximate surface area is 97.1 Å². The molecule has 0 bridgehead atoms. The summed E-state index contributed by atoms with van der Waals surface area (Å²) >= 11 is 0. The highest BCUT2D eigenvalue weighted by Gasteiger charge is 2.12. The molecule has 1 heterocycles. The number of aromatic nitrogens is 1. The van der Waals surface area contributed by atoms with Crippen LogP contribution < -0.4 is 5.73 Å². The predicted octanol–water partition coefficient (Wildman–Crippen LogP) is 2.85. The van der Waals surface area contributed by atoms with E-state index in [1.165, 1.54) is 16.5 Å². The second-order valence-electron chi connectivity index (χ2n) is 5.27. The third-order valence-electron chi connectivity index (χ3n) is 3.02. The van der Waals surface area contributed by atoms with Gasteiger partial charge in [0.1, 0.15) is 0 Å². The molecule has 2 rings (SSSR count). The fourth-order valence-electron chi connectivity index (χ4n) is 2.10. The van der Waals surface area contributed by atoms with Crippen LogP contribution in [0.4, 0.5) is 0 Å². The normalized spacial score (nSPS) is 12.2. The van der Waals surface area contributed by atoms with E-state index in [0.717, 1.165) is 12.8 Å². The van der Waals surface area contributed by atoms with E-state index in [0.29, 0.717) is 0 Å². The summed E-state index contributed by atoms with van der Waals surface area (Å²) in [4.78, 5) is 0. The van der Waals surface area contributed by atoms with Gasteiger partial charge in [0.05, 0.1) is 5.52 Å². The average Bonchev–Trinajstić information content (AvgIpc) is 2.57. The monoisotopic (exact) mass is 216 g/mol. The van der Waals surface area contributed by atoms with Crippen molar-refractivity contribution in [2.75, 3.05) is 0 Å². The molecule has 0 fully saturated rings. The van der Waals surface area contributed by atoms with Crippen LogP contribution in [-0.4, -0.2) is 10.1 Å². The van der Waals surface area contributed by atoms with Gasteiger partial charge in [0.25, 0.3) is 0 Å². The van der Waals surface area contributed by atoms with Gasteiger partial charge in [-0.1, -0.05) is 18.2 Å². The van der Waals surface area contributed by atoms with Crippen molar-refractivity contribution in [3.63, 3.8) is 0 Å². The van der Waals surface area contributed by atoms with Gasteiger partial charge in [-0.15, -0.1) is 0 Å². The summed E-state index contributed by atoms with van der Waals surface area (Å²) in [7, 11) is 2.10. The Hall–Kier alpha value is -1.28. The predicted molar refractivity (Wildman–Crippen MR) is 69.5 cm³/mol. The van der Waals surface area contributed by atoms with Gasteiger partial charge >= 0.3 is 0 Å². The molecule has 0 saturated carbocycles. The number of rotatable bonds is 3. The molecule has 86 valence electrons. The first-order chi connectivity index (χ1) is 7.47. The zero-order chi connectivity index (χ0) is 11.8. The second kappa shape index (κ2) is 3.95. The van der Waals surface area contributed by atoms with E-state index in [1.807, 2.05) is 0 Å². The Balaban J connectivity index is 2.33. The van der Waals surface area contributed by atoms with Crippen molar-refractivity contribution < 1.29 is 0 Å². The highest BCUT2D eigenvalue weighted by molar-refractivity contribution is 5.83. The summed E-state index contributed by atoms with van der Waals surface area (Å²) in [5.74, 6) is 0. The number of nitrogens with zero attached hydrogens (tertiary/aromatic N) is 1. The smallest absolute Gasteiger partial charge is 0.0510 e. The van der Waals surface area contributed by atoms with E-state index >= 15 is 0 Å². The number of aryl methyl sites for hydroxylation is 2. The van der Waals surface area contributed by atoms with Crippen molar-refractivity contribution in [2.24, 2.45) is 12.8 Å². The van der Waals surface area contributed by atoms with Crippen molar-refractivity contribution in [1.82, 2.24) is 4.57 Å². The number of para-hydroxylation sites is 1.